The number of amides is 2. The van der Waals surface area contributed by atoms with Gasteiger partial charge in [0.25, 0.3) is 11.8 Å². The molecule has 3 aromatic carbocycles. The minimum absolute atomic E-state index is 0.0827. The Labute approximate surface area is 188 Å². The Balaban J connectivity index is 1.74. The molecule has 7 heteroatoms. The highest BCUT2D eigenvalue weighted by Crippen LogP contribution is 2.32. The number of rotatable bonds is 5. The van der Waals surface area contributed by atoms with E-state index < -0.39 is 17.6 Å². The molecule has 0 fully saturated rings. The van der Waals surface area contributed by atoms with E-state index in [0.717, 1.165) is 16.0 Å². The Kier molecular flexibility index (Phi) is 5.81. The van der Waals surface area contributed by atoms with Gasteiger partial charge in [-0.15, -0.1) is 0 Å². The molecule has 1 heterocycles. The zero-order valence-corrected chi connectivity index (χ0v) is 18.0. The summed E-state index contributed by atoms with van der Waals surface area (Å²) in [6, 6.07) is 17.6. The van der Waals surface area contributed by atoms with E-state index in [2.05, 4.69) is 5.32 Å². The monoisotopic (exact) mass is 454 g/mol. The van der Waals surface area contributed by atoms with Crippen LogP contribution < -0.4 is 5.32 Å². The molecule has 4 rings (SSSR count). The van der Waals surface area contributed by atoms with Gasteiger partial charge in [0.1, 0.15) is 11.5 Å². The van der Waals surface area contributed by atoms with Gasteiger partial charge in [0.15, 0.2) is 0 Å². The van der Waals surface area contributed by atoms with E-state index in [4.69, 9.17) is 23.2 Å². The molecule has 0 spiro atoms. The average molecular weight is 455 g/mol. The first-order valence-corrected chi connectivity index (χ1v) is 10.2. The quantitative estimate of drug-likeness (QED) is 0.493. The molecule has 3 aromatic rings. The van der Waals surface area contributed by atoms with Crippen LogP contribution in [0.1, 0.15) is 16.7 Å². The molecule has 0 saturated heterocycles. The van der Waals surface area contributed by atoms with E-state index in [9.17, 15) is 14.0 Å². The molecule has 0 bridgehead atoms. The van der Waals surface area contributed by atoms with Gasteiger partial charge in [-0.2, -0.15) is 0 Å². The SMILES string of the molecule is Cc1ccc(NC2=C(c3ccc(F)cc3)C(=O)N(Cc3ccc(Cl)cc3)C2=O)cc1Cl. The molecular formula is C24H17Cl2FN2O2. The second-order valence-electron chi connectivity index (χ2n) is 7.17. The van der Waals surface area contributed by atoms with E-state index in [1.165, 1.54) is 24.3 Å². The summed E-state index contributed by atoms with van der Waals surface area (Å²) in [6.07, 6.45) is 0. The van der Waals surface area contributed by atoms with Crippen LogP contribution in [-0.2, 0) is 16.1 Å². The summed E-state index contributed by atoms with van der Waals surface area (Å²) in [6.45, 7) is 1.95. The third-order valence-corrected chi connectivity index (χ3v) is 5.66. The van der Waals surface area contributed by atoms with Crippen molar-refractivity contribution in [1.29, 1.82) is 0 Å². The lowest BCUT2D eigenvalue weighted by Gasteiger charge is -2.15. The maximum Gasteiger partial charge on any atom is 0.278 e. The molecule has 1 aliphatic heterocycles. The van der Waals surface area contributed by atoms with Gasteiger partial charge in [-0.3, -0.25) is 14.5 Å². The zero-order valence-electron chi connectivity index (χ0n) is 16.5. The van der Waals surface area contributed by atoms with E-state index in [1.54, 1.807) is 36.4 Å². The van der Waals surface area contributed by atoms with Crippen LogP contribution in [0.25, 0.3) is 5.57 Å². The number of hydrogen-bond donors (Lipinski definition) is 1. The molecule has 1 N–H and O–H groups in total. The number of imide groups is 1. The summed E-state index contributed by atoms with van der Waals surface area (Å²) in [5, 5.41) is 4.14. The van der Waals surface area contributed by atoms with E-state index in [0.29, 0.717) is 21.3 Å². The largest absolute Gasteiger partial charge is 0.350 e. The van der Waals surface area contributed by atoms with Crippen molar-refractivity contribution >= 4 is 46.3 Å². The van der Waals surface area contributed by atoms with Crippen molar-refractivity contribution in [2.75, 3.05) is 5.32 Å². The lowest BCUT2D eigenvalue weighted by atomic mass is 10.0. The molecule has 31 heavy (non-hydrogen) atoms. The molecule has 0 radical (unpaired) electrons. The van der Waals surface area contributed by atoms with Crippen LogP contribution in [0, 0.1) is 12.7 Å². The number of anilines is 1. The molecular weight excluding hydrogens is 438 g/mol. The smallest absolute Gasteiger partial charge is 0.278 e. The highest BCUT2D eigenvalue weighted by atomic mass is 35.5. The van der Waals surface area contributed by atoms with Crippen LogP contribution in [-0.4, -0.2) is 16.7 Å². The van der Waals surface area contributed by atoms with Crippen molar-refractivity contribution in [1.82, 2.24) is 4.90 Å². The van der Waals surface area contributed by atoms with Gasteiger partial charge >= 0.3 is 0 Å². The van der Waals surface area contributed by atoms with Crippen LogP contribution in [0.5, 0.6) is 0 Å². The topological polar surface area (TPSA) is 49.4 Å². The van der Waals surface area contributed by atoms with Gasteiger partial charge in [0, 0.05) is 15.7 Å². The van der Waals surface area contributed by atoms with Gasteiger partial charge in [0.2, 0.25) is 0 Å². The summed E-state index contributed by atoms with van der Waals surface area (Å²) in [5.41, 5.74) is 2.95. The fourth-order valence-corrected chi connectivity index (χ4v) is 3.61. The molecule has 0 saturated carbocycles. The van der Waals surface area contributed by atoms with Gasteiger partial charge in [-0.25, -0.2) is 4.39 Å². The molecule has 156 valence electrons. The zero-order chi connectivity index (χ0) is 22.1. The maximum absolute atomic E-state index is 13.5. The van der Waals surface area contributed by atoms with Gasteiger partial charge < -0.3 is 5.32 Å². The van der Waals surface area contributed by atoms with Crippen molar-refractivity contribution in [2.45, 2.75) is 13.5 Å². The summed E-state index contributed by atoms with van der Waals surface area (Å²) in [4.78, 5) is 27.7. The number of aryl methyl sites for hydroxylation is 1. The molecule has 0 aromatic heterocycles. The van der Waals surface area contributed by atoms with Crippen LogP contribution in [0.15, 0.2) is 72.4 Å². The number of nitrogens with zero attached hydrogens (tertiary/aromatic N) is 1. The highest BCUT2D eigenvalue weighted by Gasteiger charge is 2.39. The van der Waals surface area contributed by atoms with Crippen LogP contribution in [0.2, 0.25) is 10.0 Å². The van der Waals surface area contributed by atoms with Crippen LogP contribution in [0.3, 0.4) is 0 Å². The first-order valence-electron chi connectivity index (χ1n) is 9.47. The normalized spacial score (nSPS) is 13.9. The van der Waals surface area contributed by atoms with Crippen molar-refractivity contribution in [3.8, 4) is 0 Å². The standard InChI is InChI=1S/C24H17Cl2FN2O2/c1-14-2-11-19(12-20(14)26)28-22-21(16-5-9-18(27)10-6-16)23(30)29(24(22)31)13-15-3-7-17(25)8-4-15/h2-12,28H,13H2,1H3. The average Bonchev–Trinajstić information content (AvgIpc) is 2.97. The lowest BCUT2D eigenvalue weighted by Crippen LogP contribution is -2.32. The molecule has 0 unspecified atom stereocenters. The van der Waals surface area contributed by atoms with Crippen molar-refractivity contribution in [3.05, 3.63) is 105 Å². The molecule has 2 amide bonds. The van der Waals surface area contributed by atoms with Crippen LogP contribution in [0.4, 0.5) is 10.1 Å². The van der Waals surface area contributed by atoms with E-state index in [-0.39, 0.29) is 17.8 Å². The summed E-state index contributed by atoms with van der Waals surface area (Å²) in [7, 11) is 0. The number of nitrogens with one attached hydrogen (secondary N) is 1. The lowest BCUT2D eigenvalue weighted by molar-refractivity contribution is -0.137. The second-order valence-corrected chi connectivity index (χ2v) is 8.01. The number of hydrogen-bond acceptors (Lipinski definition) is 3. The van der Waals surface area contributed by atoms with E-state index in [1.807, 2.05) is 13.0 Å². The maximum atomic E-state index is 13.5. The molecule has 1 aliphatic rings. The Morgan fingerprint density at radius 3 is 2.23 bits per heavy atom. The predicted molar refractivity (Wildman–Crippen MR) is 120 cm³/mol. The van der Waals surface area contributed by atoms with Crippen molar-refractivity contribution in [3.63, 3.8) is 0 Å². The summed E-state index contributed by atoms with van der Waals surface area (Å²) in [5.74, 6) is -1.37. The van der Waals surface area contributed by atoms with Gasteiger partial charge in [0.05, 0.1) is 12.1 Å². The van der Waals surface area contributed by atoms with E-state index >= 15 is 0 Å². The molecule has 0 atom stereocenters. The Morgan fingerprint density at radius 2 is 1.58 bits per heavy atom. The first-order chi connectivity index (χ1) is 14.8. The number of carbonyl (C=O) groups is 2. The fraction of sp³-hybridized carbons (Fsp3) is 0.0833. The fourth-order valence-electron chi connectivity index (χ4n) is 3.31. The van der Waals surface area contributed by atoms with Crippen LogP contribution >= 0.6 is 23.2 Å². The number of halogens is 3. The minimum atomic E-state index is -0.476. The van der Waals surface area contributed by atoms with Crippen molar-refractivity contribution < 1.29 is 14.0 Å². The Hall–Kier alpha value is -3.15. The Morgan fingerprint density at radius 1 is 0.903 bits per heavy atom. The predicted octanol–water partition coefficient (Wildman–Crippen LogP) is 5.83. The van der Waals surface area contributed by atoms with Gasteiger partial charge in [-0.05, 0) is 60.0 Å². The number of carbonyl (C=O) groups excluding carboxylic acids is 2. The molecule has 4 nitrogen and oxygen atoms in total. The molecule has 0 aliphatic carbocycles. The summed E-state index contributed by atoms with van der Waals surface area (Å²) < 4.78 is 13.5. The minimum Gasteiger partial charge on any atom is -0.350 e. The number of benzene rings is 3. The second kappa shape index (κ2) is 8.53. The third kappa shape index (κ3) is 4.33. The highest BCUT2D eigenvalue weighted by molar-refractivity contribution is 6.36. The first kappa shape index (κ1) is 21.1. The summed E-state index contributed by atoms with van der Waals surface area (Å²) >= 11 is 12.1. The third-order valence-electron chi connectivity index (χ3n) is 5.00. The van der Waals surface area contributed by atoms with Crippen molar-refractivity contribution in [2.24, 2.45) is 0 Å². The van der Waals surface area contributed by atoms with Gasteiger partial charge in [-0.1, -0.05) is 53.5 Å². The Bertz CT molecular complexity index is 1210.